The van der Waals surface area contributed by atoms with Crippen LogP contribution in [0.5, 0.6) is 5.75 Å². The molecule has 1 aromatic heterocycles. The van der Waals surface area contributed by atoms with Crippen LogP contribution in [0.25, 0.3) is 17.0 Å². The average Bonchev–Trinajstić information content (AvgIpc) is 3.05. The molecule has 0 unspecified atom stereocenters. The van der Waals surface area contributed by atoms with Gasteiger partial charge in [-0.15, -0.1) is 0 Å². The van der Waals surface area contributed by atoms with E-state index in [-0.39, 0.29) is 30.6 Å². The summed E-state index contributed by atoms with van der Waals surface area (Å²) in [4.78, 5) is 56.4. The minimum Gasteiger partial charge on any atom is -0.487 e. The Balaban J connectivity index is 1.34. The molecule has 1 heterocycles. The molecule has 238 valence electrons. The summed E-state index contributed by atoms with van der Waals surface area (Å²) in [6.07, 6.45) is 2.83. The average molecular weight is 664 g/mol. The number of rotatable bonds is 11. The fraction of sp³-hybridized carbons (Fsp3) is 0.206. The fourth-order valence-corrected chi connectivity index (χ4v) is 5.00. The van der Waals surface area contributed by atoms with Crippen LogP contribution in [0.4, 0.5) is 5.69 Å². The lowest BCUT2D eigenvalue weighted by molar-refractivity contribution is -0.141. The first kappa shape index (κ1) is 34.0. The van der Waals surface area contributed by atoms with Gasteiger partial charge in [0.15, 0.2) is 0 Å². The van der Waals surface area contributed by atoms with E-state index in [1.54, 1.807) is 49.5 Å². The first-order chi connectivity index (χ1) is 22.0. The maximum atomic E-state index is 13.0. The number of carbonyl (C=O) groups is 4. The molecule has 46 heavy (non-hydrogen) atoms. The van der Waals surface area contributed by atoms with E-state index in [0.29, 0.717) is 33.1 Å². The number of aromatic nitrogens is 1. The van der Waals surface area contributed by atoms with E-state index < -0.39 is 17.8 Å². The third-order valence-electron chi connectivity index (χ3n) is 7.03. The minimum absolute atomic E-state index is 0.0448. The molecular weight excluding hydrogens is 631 g/mol. The molecule has 0 fully saturated rings. The van der Waals surface area contributed by atoms with Crippen molar-refractivity contribution in [2.75, 3.05) is 39.2 Å². The van der Waals surface area contributed by atoms with Gasteiger partial charge in [-0.2, -0.15) is 0 Å². The van der Waals surface area contributed by atoms with Crippen molar-refractivity contribution >= 4 is 69.6 Å². The zero-order valence-corrected chi connectivity index (χ0v) is 27.2. The lowest BCUT2D eigenvalue weighted by Gasteiger charge is -2.21. The van der Waals surface area contributed by atoms with E-state index >= 15 is 0 Å². The van der Waals surface area contributed by atoms with Gasteiger partial charge in [-0.1, -0.05) is 53.5 Å². The Bertz CT molecular complexity index is 1810. The Morgan fingerprint density at radius 3 is 2.41 bits per heavy atom. The van der Waals surface area contributed by atoms with E-state index in [1.807, 2.05) is 37.3 Å². The smallest absolute Gasteiger partial charge is 0.325 e. The van der Waals surface area contributed by atoms with Gasteiger partial charge in [-0.25, -0.2) is 4.98 Å². The molecule has 0 saturated carbocycles. The Morgan fingerprint density at radius 1 is 0.957 bits per heavy atom. The van der Waals surface area contributed by atoms with E-state index in [1.165, 1.54) is 30.0 Å². The number of nitrogens with zero attached hydrogens (tertiary/aromatic N) is 3. The van der Waals surface area contributed by atoms with Crippen LogP contribution in [0.15, 0.2) is 72.8 Å². The van der Waals surface area contributed by atoms with Gasteiger partial charge in [0, 0.05) is 47.4 Å². The van der Waals surface area contributed by atoms with E-state index in [9.17, 15) is 19.2 Å². The van der Waals surface area contributed by atoms with Crippen molar-refractivity contribution in [3.8, 4) is 5.75 Å². The highest BCUT2D eigenvalue weighted by molar-refractivity contribution is 6.38. The van der Waals surface area contributed by atoms with Crippen LogP contribution in [0.3, 0.4) is 0 Å². The second-order valence-corrected chi connectivity index (χ2v) is 11.1. The summed E-state index contributed by atoms with van der Waals surface area (Å²) in [6.45, 7) is 1.49. The lowest BCUT2D eigenvalue weighted by atomic mass is 10.1. The van der Waals surface area contributed by atoms with Crippen molar-refractivity contribution in [3.05, 3.63) is 105 Å². The number of aryl methyl sites for hydroxylation is 1. The number of ether oxygens (including phenoxy) is 2. The van der Waals surface area contributed by atoms with Gasteiger partial charge in [0.1, 0.15) is 24.4 Å². The van der Waals surface area contributed by atoms with E-state index in [0.717, 1.165) is 16.6 Å². The summed E-state index contributed by atoms with van der Waals surface area (Å²) in [5.41, 5.74) is 3.50. The Kier molecular flexibility index (Phi) is 11.3. The zero-order valence-electron chi connectivity index (χ0n) is 25.7. The SMILES string of the molecule is COC(=O)CN(C)C(=O)c1ccc(C=CC(=O)NCC(=O)N(C)c2ccc(Cl)c(COc3cccc4ccc(C)nc34)c2Cl)cc1. The van der Waals surface area contributed by atoms with Crippen LogP contribution < -0.4 is 15.0 Å². The Hall–Kier alpha value is -4.93. The van der Waals surface area contributed by atoms with E-state index in [2.05, 4.69) is 15.0 Å². The monoisotopic (exact) mass is 662 g/mol. The third kappa shape index (κ3) is 8.41. The number of amides is 3. The molecule has 0 saturated heterocycles. The summed E-state index contributed by atoms with van der Waals surface area (Å²) in [5, 5.41) is 4.12. The number of halogens is 2. The van der Waals surface area contributed by atoms with Gasteiger partial charge in [-0.05, 0) is 55.0 Å². The van der Waals surface area contributed by atoms with Gasteiger partial charge in [-0.3, -0.25) is 19.2 Å². The summed E-state index contributed by atoms with van der Waals surface area (Å²) in [7, 11) is 4.30. The molecule has 0 aliphatic rings. The number of hydrogen-bond acceptors (Lipinski definition) is 7. The maximum Gasteiger partial charge on any atom is 0.325 e. The quantitative estimate of drug-likeness (QED) is 0.167. The Morgan fingerprint density at radius 2 is 1.70 bits per heavy atom. The Labute approximate surface area is 276 Å². The first-order valence-electron chi connectivity index (χ1n) is 14.1. The number of likely N-dealkylation sites (N-methyl/N-ethyl adjacent to an activating group) is 2. The van der Waals surface area contributed by atoms with Crippen LogP contribution in [-0.2, 0) is 25.7 Å². The number of esters is 1. The van der Waals surface area contributed by atoms with Crippen molar-refractivity contribution in [2.24, 2.45) is 0 Å². The normalized spacial score (nSPS) is 10.9. The number of benzene rings is 3. The molecule has 4 aromatic rings. The molecular formula is C34H32Cl2N4O6. The summed E-state index contributed by atoms with van der Waals surface area (Å²) in [6, 6.07) is 19.3. The highest BCUT2D eigenvalue weighted by atomic mass is 35.5. The molecule has 0 aliphatic carbocycles. The molecule has 0 atom stereocenters. The molecule has 0 radical (unpaired) electrons. The molecule has 0 spiro atoms. The van der Waals surface area contributed by atoms with Crippen LogP contribution in [0.2, 0.25) is 10.0 Å². The lowest BCUT2D eigenvalue weighted by Crippen LogP contribution is -2.37. The van der Waals surface area contributed by atoms with Gasteiger partial charge in [0.05, 0.1) is 24.4 Å². The molecule has 3 amide bonds. The summed E-state index contributed by atoms with van der Waals surface area (Å²) >= 11 is 13.2. The molecule has 10 nitrogen and oxygen atoms in total. The fourth-order valence-electron chi connectivity index (χ4n) is 4.39. The van der Waals surface area contributed by atoms with Crippen molar-refractivity contribution in [2.45, 2.75) is 13.5 Å². The van der Waals surface area contributed by atoms with Crippen molar-refractivity contribution in [3.63, 3.8) is 0 Å². The standard InChI is InChI=1S/C34H32Cl2N4O6/c1-21-8-12-23-6-5-7-28(33(23)38-21)46-20-25-26(35)15-16-27(32(25)36)40(3)30(42)18-37-29(41)17-11-22-9-13-24(14-10-22)34(44)39(2)19-31(43)45-4/h5-17H,18-20H2,1-4H3,(H,37,41). The predicted molar refractivity (Wildman–Crippen MR) is 178 cm³/mol. The molecule has 3 aromatic carbocycles. The number of hydrogen-bond donors (Lipinski definition) is 1. The van der Waals surface area contributed by atoms with Gasteiger partial charge in [0.25, 0.3) is 5.91 Å². The van der Waals surface area contributed by atoms with Gasteiger partial charge >= 0.3 is 5.97 Å². The van der Waals surface area contributed by atoms with Gasteiger partial charge < -0.3 is 24.6 Å². The largest absolute Gasteiger partial charge is 0.487 e. The molecule has 0 aliphatic heterocycles. The third-order valence-corrected chi connectivity index (χ3v) is 7.81. The maximum absolute atomic E-state index is 13.0. The van der Waals surface area contributed by atoms with Crippen LogP contribution in [-0.4, -0.2) is 67.9 Å². The second-order valence-electron chi connectivity index (χ2n) is 10.3. The van der Waals surface area contributed by atoms with E-state index in [4.69, 9.17) is 27.9 Å². The van der Waals surface area contributed by atoms with Gasteiger partial charge in [0.2, 0.25) is 11.8 Å². The molecule has 0 bridgehead atoms. The van der Waals surface area contributed by atoms with Crippen molar-refractivity contribution in [1.82, 2.24) is 15.2 Å². The first-order valence-corrected chi connectivity index (χ1v) is 14.8. The number of carbonyl (C=O) groups excluding carboxylic acids is 4. The molecule has 12 heteroatoms. The number of methoxy groups -OCH3 is 1. The van der Waals surface area contributed by atoms with Crippen molar-refractivity contribution < 1.29 is 28.7 Å². The second kappa shape index (κ2) is 15.4. The van der Waals surface area contributed by atoms with Crippen molar-refractivity contribution in [1.29, 1.82) is 0 Å². The minimum atomic E-state index is -0.525. The van der Waals surface area contributed by atoms with Crippen LogP contribution >= 0.6 is 23.2 Å². The highest BCUT2D eigenvalue weighted by Gasteiger charge is 2.20. The number of pyridine rings is 1. The summed E-state index contributed by atoms with van der Waals surface area (Å²) in [5.74, 6) is -1.20. The van der Waals surface area contributed by atoms with Crippen LogP contribution in [0.1, 0.15) is 27.2 Å². The number of para-hydroxylation sites is 1. The number of fused-ring (bicyclic) bond motifs is 1. The number of nitrogens with one attached hydrogen (secondary N) is 1. The summed E-state index contributed by atoms with van der Waals surface area (Å²) < 4.78 is 10.7. The van der Waals surface area contributed by atoms with Crippen LogP contribution in [0, 0.1) is 6.92 Å². The highest BCUT2D eigenvalue weighted by Crippen LogP contribution is 2.35. The molecule has 4 rings (SSSR count). The number of anilines is 1. The predicted octanol–water partition coefficient (Wildman–Crippen LogP) is 5.47. The topological polar surface area (TPSA) is 118 Å². The zero-order chi connectivity index (χ0) is 33.4. The molecule has 1 N–H and O–H groups in total.